The lowest BCUT2D eigenvalue weighted by molar-refractivity contribution is -0.157. The number of carbonyl (C=O) groups excluding carboxylic acids is 3. The molecule has 7 heteroatoms. The summed E-state index contributed by atoms with van der Waals surface area (Å²) in [6.07, 6.45) is 0.665. The number of para-hydroxylation sites is 1. The summed E-state index contributed by atoms with van der Waals surface area (Å²) < 4.78 is 10.5. The predicted molar refractivity (Wildman–Crippen MR) is 92.9 cm³/mol. The van der Waals surface area contributed by atoms with Crippen molar-refractivity contribution in [3.05, 3.63) is 54.5 Å². The molecule has 1 aliphatic heterocycles. The van der Waals surface area contributed by atoms with Gasteiger partial charge in [-0.2, -0.15) is 0 Å². The van der Waals surface area contributed by atoms with E-state index in [2.05, 4.69) is 5.32 Å². The van der Waals surface area contributed by atoms with Crippen LogP contribution in [0, 0.1) is 5.92 Å². The molecular weight excluding hydrogens is 336 g/mol. The molecular formula is C19H20N2O5. The monoisotopic (exact) mass is 356 g/mol. The van der Waals surface area contributed by atoms with Crippen molar-refractivity contribution in [1.82, 2.24) is 4.90 Å². The minimum Gasteiger partial charge on any atom is -0.467 e. The molecule has 2 amide bonds. The topological polar surface area (TPSA) is 88.9 Å². The molecule has 0 unspecified atom stereocenters. The number of esters is 1. The zero-order valence-electron chi connectivity index (χ0n) is 14.4. The summed E-state index contributed by atoms with van der Waals surface area (Å²) in [5.41, 5.74) is 0.626. The average molecular weight is 356 g/mol. The van der Waals surface area contributed by atoms with Gasteiger partial charge < -0.3 is 19.4 Å². The fourth-order valence-electron chi connectivity index (χ4n) is 2.76. The molecule has 1 saturated heterocycles. The van der Waals surface area contributed by atoms with Crippen LogP contribution in [0.25, 0.3) is 0 Å². The number of likely N-dealkylation sites (tertiary alicyclic amines) is 1. The first-order valence-electron chi connectivity index (χ1n) is 8.39. The maximum atomic E-state index is 12.3. The third-order valence-electron chi connectivity index (χ3n) is 4.18. The van der Waals surface area contributed by atoms with Gasteiger partial charge in [0.1, 0.15) is 5.76 Å². The first-order valence-corrected chi connectivity index (χ1v) is 8.39. The second-order valence-corrected chi connectivity index (χ2v) is 6.19. The predicted octanol–water partition coefficient (Wildman–Crippen LogP) is 2.20. The second kappa shape index (κ2) is 7.86. The molecule has 1 aromatic heterocycles. The summed E-state index contributed by atoms with van der Waals surface area (Å²) in [5.74, 6) is -1.02. The number of carbonyl (C=O) groups is 3. The Morgan fingerprint density at radius 3 is 2.73 bits per heavy atom. The van der Waals surface area contributed by atoms with Crippen molar-refractivity contribution >= 4 is 23.5 Å². The molecule has 3 rings (SSSR count). The highest BCUT2D eigenvalue weighted by molar-refractivity contribution is 5.95. The van der Waals surface area contributed by atoms with Crippen LogP contribution < -0.4 is 5.32 Å². The van der Waals surface area contributed by atoms with Crippen LogP contribution in [0.3, 0.4) is 0 Å². The molecule has 0 spiro atoms. The lowest BCUT2D eigenvalue weighted by Crippen LogP contribution is -2.33. The Morgan fingerprint density at radius 1 is 1.27 bits per heavy atom. The van der Waals surface area contributed by atoms with Crippen LogP contribution in [0.15, 0.2) is 53.1 Å². The minimum absolute atomic E-state index is 0.0760. The van der Waals surface area contributed by atoms with E-state index in [1.54, 1.807) is 41.3 Å². The van der Waals surface area contributed by atoms with Crippen molar-refractivity contribution in [3.8, 4) is 0 Å². The van der Waals surface area contributed by atoms with Crippen molar-refractivity contribution in [1.29, 1.82) is 0 Å². The van der Waals surface area contributed by atoms with Gasteiger partial charge in [-0.25, -0.2) is 0 Å². The lowest BCUT2D eigenvalue weighted by atomic mass is 10.1. The van der Waals surface area contributed by atoms with E-state index in [4.69, 9.17) is 9.15 Å². The summed E-state index contributed by atoms with van der Waals surface area (Å²) >= 11 is 0. The van der Waals surface area contributed by atoms with Crippen molar-refractivity contribution in [2.45, 2.75) is 26.0 Å². The molecule has 26 heavy (non-hydrogen) atoms. The molecule has 0 saturated carbocycles. The lowest BCUT2D eigenvalue weighted by Gasteiger charge is -2.17. The number of nitrogens with one attached hydrogen (secondary N) is 1. The molecule has 1 aliphatic rings. The molecule has 0 aliphatic carbocycles. The highest BCUT2D eigenvalue weighted by Gasteiger charge is 2.36. The van der Waals surface area contributed by atoms with Crippen molar-refractivity contribution in [2.24, 2.45) is 5.92 Å². The third kappa shape index (κ3) is 4.30. The normalized spacial score (nSPS) is 17.8. The molecule has 1 aromatic carbocycles. The number of hydrogen-bond donors (Lipinski definition) is 1. The summed E-state index contributed by atoms with van der Waals surface area (Å²) in [6, 6.07) is 12.4. The Kier molecular flexibility index (Phi) is 5.36. The molecule has 136 valence electrons. The fourth-order valence-corrected chi connectivity index (χ4v) is 2.76. The van der Waals surface area contributed by atoms with Gasteiger partial charge in [0.15, 0.2) is 6.10 Å². The van der Waals surface area contributed by atoms with Crippen LogP contribution in [0.2, 0.25) is 0 Å². The number of anilines is 1. The van der Waals surface area contributed by atoms with Gasteiger partial charge >= 0.3 is 5.97 Å². The number of ether oxygens (including phenoxy) is 1. The Morgan fingerprint density at radius 2 is 2.04 bits per heavy atom. The van der Waals surface area contributed by atoms with Crippen LogP contribution in [0.4, 0.5) is 5.69 Å². The molecule has 2 heterocycles. The molecule has 0 bridgehead atoms. The van der Waals surface area contributed by atoms with Gasteiger partial charge in [-0.1, -0.05) is 18.2 Å². The maximum absolute atomic E-state index is 12.3. The molecule has 7 nitrogen and oxygen atoms in total. The molecule has 1 fully saturated rings. The van der Waals surface area contributed by atoms with Crippen LogP contribution in [-0.2, 0) is 25.7 Å². The third-order valence-corrected chi connectivity index (χ3v) is 4.18. The zero-order valence-corrected chi connectivity index (χ0v) is 14.4. The first kappa shape index (κ1) is 17.7. The number of hydrogen-bond acceptors (Lipinski definition) is 5. The van der Waals surface area contributed by atoms with Gasteiger partial charge in [0.05, 0.1) is 18.7 Å². The molecule has 2 atom stereocenters. The quantitative estimate of drug-likeness (QED) is 0.802. The second-order valence-electron chi connectivity index (χ2n) is 6.19. The number of furan rings is 1. The molecule has 2 aromatic rings. The zero-order chi connectivity index (χ0) is 18.5. The van der Waals surface area contributed by atoms with E-state index < -0.39 is 23.9 Å². The SMILES string of the molecule is C[C@@H](OC(=O)[C@H]1CC(=O)N(Cc2ccco2)C1)C(=O)Nc1ccccc1. The van der Waals surface area contributed by atoms with Gasteiger partial charge in [0.2, 0.25) is 5.91 Å². The van der Waals surface area contributed by atoms with E-state index in [0.29, 0.717) is 18.0 Å². The van der Waals surface area contributed by atoms with Gasteiger partial charge in [-0.15, -0.1) is 0 Å². The standard InChI is InChI=1S/C19H20N2O5/c1-13(18(23)20-15-6-3-2-4-7-15)26-19(24)14-10-17(22)21(11-14)12-16-8-5-9-25-16/h2-9,13-14H,10-12H2,1H3,(H,20,23)/t13-,14+/m1/s1. The van der Waals surface area contributed by atoms with Gasteiger partial charge in [-0.3, -0.25) is 14.4 Å². The smallest absolute Gasteiger partial charge is 0.312 e. The van der Waals surface area contributed by atoms with E-state index in [0.717, 1.165) is 0 Å². The highest BCUT2D eigenvalue weighted by atomic mass is 16.5. The number of nitrogens with zero attached hydrogens (tertiary/aromatic N) is 1. The molecule has 0 radical (unpaired) electrons. The summed E-state index contributed by atoms with van der Waals surface area (Å²) in [5, 5.41) is 2.68. The van der Waals surface area contributed by atoms with Crippen LogP contribution in [0.5, 0.6) is 0 Å². The van der Waals surface area contributed by atoms with E-state index >= 15 is 0 Å². The first-order chi connectivity index (χ1) is 12.5. The minimum atomic E-state index is -0.947. The van der Waals surface area contributed by atoms with Crippen molar-refractivity contribution < 1.29 is 23.5 Å². The largest absolute Gasteiger partial charge is 0.467 e. The summed E-state index contributed by atoms with van der Waals surface area (Å²) in [7, 11) is 0. The fraction of sp³-hybridized carbons (Fsp3) is 0.316. The van der Waals surface area contributed by atoms with Gasteiger partial charge in [0, 0.05) is 18.7 Å². The van der Waals surface area contributed by atoms with Gasteiger partial charge in [0.25, 0.3) is 5.91 Å². The number of amides is 2. The van der Waals surface area contributed by atoms with Crippen LogP contribution >= 0.6 is 0 Å². The Bertz CT molecular complexity index is 772. The van der Waals surface area contributed by atoms with E-state index in [9.17, 15) is 14.4 Å². The highest BCUT2D eigenvalue weighted by Crippen LogP contribution is 2.22. The van der Waals surface area contributed by atoms with Gasteiger partial charge in [-0.05, 0) is 31.2 Å². The Hall–Kier alpha value is -3.09. The Balaban J connectivity index is 1.51. The van der Waals surface area contributed by atoms with Crippen molar-refractivity contribution in [3.63, 3.8) is 0 Å². The number of benzene rings is 1. The average Bonchev–Trinajstić information content (AvgIpc) is 3.26. The van der Waals surface area contributed by atoms with E-state index in [1.165, 1.54) is 13.2 Å². The summed E-state index contributed by atoms with van der Waals surface area (Å²) in [4.78, 5) is 38.1. The Labute approximate surface area is 150 Å². The van der Waals surface area contributed by atoms with Crippen LogP contribution in [0.1, 0.15) is 19.1 Å². The summed E-state index contributed by atoms with van der Waals surface area (Å²) in [6.45, 7) is 2.08. The maximum Gasteiger partial charge on any atom is 0.312 e. The van der Waals surface area contributed by atoms with Crippen LogP contribution in [-0.4, -0.2) is 35.3 Å². The van der Waals surface area contributed by atoms with E-state index in [1.807, 2.05) is 6.07 Å². The van der Waals surface area contributed by atoms with Crippen molar-refractivity contribution in [2.75, 3.05) is 11.9 Å². The molecule has 1 N–H and O–H groups in total. The number of rotatable bonds is 6. The van der Waals surface area contributed by atoms with E-state index in [-0.39, 0.29) is 18.9 Å².